The minimum Gasteiger partial charge on any atom is -0.350 e. The van der Waals surface area contributed by atoms with Crippen LogP contribution in [0.2, 0.25) is 0 Å². The number of hydrogen-bond donors (Lipinski definition) is 1. The smallest absolute Gasteiger partial charge is 0.244 e. The first-order valence-electron chi connectivity index (χ1n) is 7.14. The molecule has 6 heteroatoms. The second kappa shape index (κ2) is 5.28. The summed E-state index contributed by atoms with van der Waals surface area (Å²) in [6.45, 7) is 4.17. The predicted octanol–water partition coefficient (Wildman–Crippen LogP) is 0.582. The molecule has 3 unspecified atom stereocenters. The van der Waals surface area contributed by atoms with E-state index in [0.717, 1.165) is 13.0 Å². The molecule has 2 fully saturated rings. The number of rotatable bonds is 3. The highest BCUT2D eigenvalue weighted by molar-refractivity contribution is 5.80. The Hall–Kier alpha value is -1.43. The number of fused-ring (bicyclic) bond motifs is 1. The number of aromatic nitrogens is 3. The third kappa shape index (κ3) is 2.49. The Morgan fingerprint density at radius 2 is 2.26 bits per heavy atom. The van der Waals surface area contributed by atoms with E-state index in [4.69, 9.17) is 0 Å². The fourth-order valence-electron chi connectivity index (χ4n) is 3.26. The quantitative estimate of drug-likeness (QED) is 0.866. The summed E-state index contributed by atoms with van der Waals surface area (Å²) in [4.78, 5) is 18.7. The van der Waals surface area contributed by atoms with Gasteiger partial charge in [-0.05, 0) is 32.7 Å². The molecule has 19 heavy (non-hydrogen) atoms. The lowest BCUT2D eigenvalue weighted by atomic mass is 9.99. The first-order chi connectivity index (χ1) is 9.25. The van der Waals surface area contributed by atoms with E-state index in [0.29, 0.717) is 12.1 Å². The summed E-state index contributed by atoms with van der Waals surface area (Å²) in [5.41, 5.74) is 0. The molecule has 0 bridgehead atoms. The number of hydrogen-bond acceptors (Lipinski definition) is 4. The first-order valence-corrected chi connectivity index (χ1v) is 7.14. The molecule has 0 spiro atoms. The lowest BCUT2D eigenvalue weighted by molar-refractivity contribution is -0.125. The van der Waals surface area contributed by atoms with Crippen LogP contribution in [0.4, 0.5) is 0 Å². The van der Waals surface area contributed by atoms with Crippen molar-refractivity contribution in [1.82, 2.24) is 25.0 Å². The monoisotopic (exact) mass is 263 g/mol. The molecule has 1 amide bonds. The van der Waals surface area contributed by atoms with Crippen molar-refractivity contribution in [3.8, 4) is 0 Å². The number of nitrogens with one attached hydrogen (secondary N) is 1. The maximum Gasteiger partial charge on any atom is 0.244 e. The van der Waals surface area contributed by atoms with E-state index in [-0.39, 0.29) is 11.9 Å². The zero-order valence-electron chi connectivity index (χ0n) is 11.3. The van der Waals surface area contributed by atoms with Crippen LogP contribution in [0.1, 0.15) is 38.6 Å². The third-order valence-corrected chi connectivity index (χ3v) is 4.40. The van der Waals surface area contributed by atoms with E-state index >= 15 is 0 Å². The van der Waals surface area contributed by atoms with Gasteiger partial charge in [0.25, 0.3) is 0 Å². The molecule has 3 heterocycles. The molecule has 0 aliphatic carbocycles. The van der Waals surface area contributed by atoms with Crippen LogP contribution >= 0.6 is 0 Å². The van der Waals surface area contributed by atoms with E-state index < -0.39 is 0 Å². The standard InChI is InChI=1S/C13H21N5O/c1-10(18-9-14-8-15-18)13(19)16-11-5-7-17-6-3-2-4-12(11)17/h8-12H,2-7H2,1H3,(H,16,19). The molecule has 2 aliphatic heterocycles. The van der Waals surface area contributed by atoms with Gasteiger partial charge in [-0.25, -0.2) is 9.67 Å². The van der Waals surface area contributed by atoms with Gasteiger partial charge in [-0.1, -0.05) is 6.42 Å². The Morgan fingerprint density at radius 1 is 1.37 bits per heavy atom. The minimum absolute atomic E-state index is 0.0444. The maximum absolute atomic E-state index is 12.3. The highest BCUT2D eigenvalue weighted by atomic mass is 16.2. The van der Waals surface area contributed by atoms with Crippen molar-refractivity contribution in [2.75, 3.05) is 13.1 Å². The lowest BCUT2D eigenvalue weighted by Gasteiger charge is -2.32. The average molecular weight is 263 g/mol. The molecule has 1 aromatic heterocycles. The van der Waals surface area contributed by atoms with Crippen LogP contribution in [-0.2, 0) is 4.79 Å². The highest BCUT2D eigenvalue weighted by Gasteiger charge is 2.36. The third-order valence-electron chi connectivity index (χ3n) is 4.40. The lowest BCUT2D eigenvalue weighted by Crippen LogP contribution is -2.48. The summed E-state index contributed by atoms with van der Waals surface area (Å²) in [6, 6.07) is 0.555. The fourth-order valence-corrected chi connectivity index (χ4v) is 3.26. The number of piperidine rings is 1. The van der Waals surface area contributed by atoms with Gasteiger partial charge in [-0.3, -0.25) is 9.69 Å². The molecule has 1 N–H and O–H groups in total. The maximum atomic E-state index is 12.3. The topological polar surface area (TPSA) is 63.1 Å². The zero-order chi connectivity index (χ0) is 13.2. The van der Waals surface area contributed by atoms with Crippen LogP contribution in [0.3, 0.4) is 0 Å². The second-order valence-corrected chi connectivity index (χ2v) is 5.55. The van der Waals surface area contributed by atoms with Crippen LogP contribution < -0.4 is 5.32 Å². The van der Waals surface area contributed by atoms with Gasteiger partial charge >= 0.3 is 0 Å². The van der Waals surface area contributed by atoms with Crippen LogP contribution in [0, 0.1) is 0 Å². The van der Waals surface area contributed by atoms with E-state index in [1.165, 1.54) is 32.1 Å². The van der Waals surface area contributed by atoms with Gasteiger partial charge in [0.15, 0.2) is 0 Å². The van der Waals surface area contributed by atoms with Gasteiger partial charge in [0.1, 0.15) is 18.7 Å². The van der Waals surface area contributed by atoms with Gasteiger partial charge < -0.3 is 5.32 Å². The molecule has 104 valence electrons. The number of nitrogens with zero attached hydrogens (tertiary/aromatic N) is 4. The molecular weight excluding hydrogens is 242 g/mol. The van der Waals surface area contributed by atoms with E-state index in [1.807, 2.05) is 6.92 Å². The number of amides is 1. The second-order valence-electron chi connectivity index (χ2n) is 5.55. The summed E-state index contributed by atoms with van der Waals surface area (Å²) < 4.78 is 1.60. The van der Waals surface area contributed by atoms with Gasteiger partial charge in [-0.2, -0.15) is 5.10 Å². The normalized spacial score (nSPS) is 28.9. The van der Waals surface area contributed by atoms with E-state index in [9.17, 15) is 4.79 Å². The molecule has 2 aliphatic rings. The Morgan fingerprint density at radius 3 is 3.05 bits per heavy atom. The van der Waals surface area contributed by atoms with Gasteiger partial charge in [0.2, 0.25) is 5.91 Å². The summed E-state index contributed by atoms with van der Waals surface area (Å²) >= 11 is 0. The summed E-state index contributed by atoms with van der Waals surface area (Å²) in [7, 11) is 0. The predicted molar refractivity (Wildman–Crippen MR) is 70.5 cm³/mol. The van der Waals surface area contributed by atoms with E-state index in [2.05, 4.69) is 20.3 Å². The van der Waals surface area contributed by atoms with Gasteiger partial charge in [0, 0.05) is 18.6 Å². The molecule has 2 saturated heterocycles. The summed E-state index contributed by atoms with van der Waals surface area (Å²) in [6.07, 6.45) is 7.91. The highest BCUT2D eigenvalue weighted by Crippen LogP contribution is 2.27. The molecule has 1 aromatic rings. The SMILES string of the molecule is CC(C(=O)NC1CCN2CCCCC12)n1cncn1. The van der Waals surface area contributed by atoms with Crippen molar-refractivity contribution >= 4 is 5.91 Å². The van der Waals surface area contributed by atoms with Crippen LogP contribution in [0.15, 0.2) is 12.7 Å². The summed E-state index contributed by atoms with van der Waals surface area (Å²) in [5.74, 6) is 0.0444. The zero-order valence-corrected chi connectivity index (χ0v) is 11.3. The Bertz CT molecular complexity index is 432. The average Bonchev–Trinajstić information content (AvgIpc) is 3.08. The van der Waals surface area contributed by atoms with Crippen molar-refractivity contribution in [3.05, 3.63) is 12.7 Å². The van der Waals surface area contributed by atoms with Crippen LogP contribution in [0.5, 0.6) is 0 Å². The van der Waals surface area contributed by atoms with Crippen molar-refractivity contribution in [2.45, 2.75) is 50.7 Å². The molecule has 0 saturated carbocycles. The van der Waals surface area contributed by atoms with Crippen molar-refractivity contribution < 1.29 is 4.79 Å². The molecule has 3 rings (SSSR count). The van der Waals surface area contributed by atoms with Crippen LogP contribution in [-0.4, -0.2) is 50.7 Å². The minimum atomic E-state index is -0.292. The molecular formula is C13H21N5O. The Balaban J connectivity index is 1.60. The number of carbonyl (C=O) groups is 1. The fraction of sp³-hybridized carbons (Fsp3) is 0.769. The molecule has 0 radical (unpaired) electrons. The Kier molecular flexibility index (Phi) is 3.50. The first kappa shape index (κ1) is 12.6. The van der Waals surface area contributed by atoms with Crippen LogP contribution in [0.25, 0.3) is 0 Å². The van der Waals surface area contributed by atoms with Crippen molar-refractivity contribution in [3.63, 3.8) is 0 Å². The molecule has 0 aromatic carbocycles. The molecule has 6 nitrogen and oxygen atoms in total. The van der Waals surface area contributed by atoms with E-state index in [1.54, 1.807) is 11.0 Å². The van der Waals surface area contributed by atoms with Gasteiger partial charge in [0.05, 0.1) is 0 Å². The largest absolute Gasteiger partial charge is 0.350 e. The van der Waals surface area contributed by atoms with Crippen molar-refractivity contribution in [2.24, 2.45) is 0 Å². The number of carbonyl (C=O) groups excluding carboxylic acids is 1. The Labute approximate surface area is 113 Å². The molecule has 3 atom stereocenters. The van der Waals surface area contributed by atoms with Crippen molar-refractivity contribution in [1.29, 1.82) is 0 Å². The summed E-state index contributed by atoms with van der Waals surface area (Å²) in [5, 5.41) is 7.22. The van der Waals surface area contributed by atoms with Gasteiger partial charge in [-0.15, -0.1) is 0 Å².